The Balaban J connectivity index is 1.36. The van der Waals surface area contributed by atoms with E-state index in [4.69, 9.17) is 10.5 Å². The van der Waals surface area contributed by atoms with Crippen LogP contribution in [-0.4, -0.2) is 20.2 Å². The largest absolute Gasteiger partial charge is 0.457 e. The van der Waals surface area contributed by atoms with Crippen molar-refractivity contribution in [1.82, 2.24) is 20.2 Å². The molecule has 6 nitrogen and oxygen atoms in total. The molecule has 0 saturated carbocycles. The molecule has 0 aliphatic carbocycles. The molecule has 0 fully saturated rings. The molecule has 5 rings (SSSR count). The van der Waals surface area contributed by atoms with Crippen LogP contribution in [0, 0.1) is 0 Å². The molecule has 5 aromatic rings. The fourth-order valence-corrected chi connectivity index (χ4v) is 3.51. The molecule has 0 radical (unpaired) electrons. The molecule has 2 N–H and O–H groups in total. The van der Waals surface area contributed by atoms with Crippen molar-refractivity contribution in [2.75, 3.05) is 0 Å². The summed E-state index contributed by atoms with van der Waals surface area (Å²) in [5.74, 6) is 2.08. The van der Waals surface area contributed by atoms with Gasteiger partial charge in [-0.05, 0) is 63.5 Å². The van der Waals surface area contributed by atoms with E-state index in [2.05, 4.69) is 39.8 Å². The van der Waals surface area contributed by atoms with Crippen molar-refractivity contribution in [3.63, 3.8) is 0 Å². The Morgan fingerprint density at radius 3 is 1.94 bits per heavy atom. The molecule has 156 valence electrons. The lowest BCUT2D eigenvalue weighted by Gasteiger charge is -2.13. The molecule has 6 heteroatoms. The van der Waals surface area contributed by atoms with Crippen molar-refractivity contribution < 1.29 is 4.74 Å². The zero-order valence-electron chi connectivity index (χ0n) is 17.2. The molecular weight excluding hydrogens is 398 g/mol. The first-order chi connectivity index (χ1) is 15.8. The third-order valence-corrected chi connectivity index (χ3v) is 5.21. The number of benzene rings is 4. The molecule has 1 unspecified atom stereocenters. The minimum atomic E-state index is -0.463. The summed E-state index contributed by atoms with van der Waals surface area (Å²) in [5, 5.41) is 12.2. The van der Waals surface area contributed by atoms with Gasteiger partial charge in [0.2, 0.25) is 0 Å². The monoisotopic (exact) mass is 419 g/mol. The number of aromatic nitrogens is 4. The Morgan fingerprint density at radius 2 is 1.25 bits per heavy atom. The molecule has 0 bridgehead atoms. The lowest BCUT2D eigenvalue weighted by molar-refractivity contribution is 0.482. The quantitative estimate of drug-likeness (QED) is 0.411. The minimum Gasteiger partial charge on any atom is -0.457 e. The molecule has 0 spiro atoms. The van der Waals surface area contributed by atoms with Gasteiger partial charge in [0.25, 0.3) is 0 Å². The predicted molar refractivity (Wildman–Crippen MR) is 124 cm³/mol. The van der Waals surface area contributed by atoms with Crippen molar-refractivity contribution in [1.29, 1.82) is 0 Å². The van der Waals surface area contributed by atoms with Crippen LogP contribution >= 0.6 is 0 Å². The van der Waals surface area contributed by atoms with Gasteiger partial charge in [0.15, 0.2) is 5.82 Å². The second-order valence-corrected chi connectivity index (χ2v) is 7.32. The Morgan fingerprint density at radius 1 is 0.656 bits per heavy atom. The molecule has 0 aliphatic rings. The smallest absolute Gasteiger partial charge is 0.177 e. The normalized spacial score (nSPS) is 11.8. The third-order valence-electron chi connectivity index (χ3n) is 5.21. The van der Waals surface area contributed by atoms with Gasteiger partial charge in [-0.3, -0.25) is 0 Å². The summed E-state index contributed by atoms with van der Waals surface area (Å²) in [6, 6.07) is 35.2. The summed E-state index contributed by atoms with van der Waals surface area (Å²) in [6.07, 6.45) is 0. The lowest BCUT2D eigenvalue weighted by Crippen LogP contribution is -2.18. The Labute approximate surface area is 185 Å². The van der Waals surface area contributed by atoms with Gasteiger partial charge in [0.1, 0.15) is 11.5 Å². The maximum Gasteiger partial charge on any atom is 0.177 e. The van der Waals surface area contributed by atoms with Crippen molar-refractivity contribution in [3.8, 4) is 28.3 Å². The van der Waals surface area contributed by atoms with E-state index in [1.807, 2.05) is 84.9 Å². The summed E-state index contributed by atoms with van der Waals surface area (Å²) in [6.45, 7) is 0. The van der Waals surface area contributed by atoms with E-state index in [9.17, 15) is 0 Å². The van der Waals surface area contributed by atoms with E-state index in [0.717, 1.165) is 33.9 Å². The maximum absolute atomic E-state index is 6.53. The Bertz CT molecular complexity index is 1280. The van der Waals surface area contributed by atoms with Gasteiger partial charge in [0.05, 0.1) is 11.7 Å². The zero-order valence-corrected chi connectivity index (χ0v) is 17.2. The molecule has 1 heterocycles. The highest BCUT2D eigenvalue weighted by atomic mass is 16.5. The topological polar surface area (TPSA) is 78.9 Å². The number of rotatable bonds is 6. The molecule has 1 atom stereocenters. The van der Waals surface area contributed by atoms with Gasteiger partial charge >= 0.3 is 0 Å². The second-order valence-electron chi connectivity index (χ2n) is 7.32. The molecule has 4 aromatic carbocycles. The van der Waals surface area contributed by atoms with Gasteiger partial charge in [-0.2, -0.15) is 4.68 Å². The summed E-state index contributed by atoms with van der Waals surface area (Å²) in [4.78, 5) is 0. The maximum atomic E-state index is 6.53. The van der Waals surface area contributed by atoms with Crippen LogP contribution in [0.5, 0.6) is 11.5 Å². The molecule has 1 aromatic heterocycles. The Hall–Kier alpha value is -4.29. The lowest BCUT2D eigenvalue weighted by atomic mass is 10.0. The predicted octanol–water partition coefficient (Wildman–Crippen LogP) is 5.17. The number of para-hydroxylation sites is 1. The van der Waals surface area contributed by atoms with Crippen LogP contribution in [0.2, 0.25) is 0 Å². The van der Waals surface area contributed by atoms with Gasteiger partial charge in [-0.15, -0.1) is 5.10 Å². The van der Waals surface area contributed by atoms with Gasteiger partial charge in [-0.1, -0.05) is 72.8 Å². The van der Waals surface area contributed by atoms with E-state index >= 15 is 0 Å². The van der Waals surface area contributed by atoms with Crippen LogP contribution in [0.25, 0.3) is 16.8 Å². The Kier molecular flexibility index (Phi) is 5.43. The van der Waals surface area contributed by atoms with Crippen molar-refractivity contribution >= 4 is 0 Å². The molecule has 32 heavy (non-hydrogen) atoms. The second kappa shape index (κ2) is 8.83. The minimum absolute atomic E-state index is 0.463. The number of nitrogens with two attached hydrogens (primary N) is 1. The summed E-state index contributed by atoms with van der Waals surface area (Å²) >= 11 is 0. The van der Waals surface area contributed by atoms with Crippen molar-refractivity contribution in [3.05, 3.63) is 121 Å². The molecule has 0 aliphatic heterocycles. The SMILES string of the molecule is NC(c1ccc(-c2ccccc2)cc1)c1nnnn1-c1ccc(Oc2ccccc2)cc1. The summed E-state index contributed by atoms with van der Waals surface area (Å²) in [5.41, 5.74) is 10.6. The first-order valence-electron chi connectivity index (χ1n) is 10.3. The number of hydrogen-bond donors (Lipinski definition) is 1. The average Bonchev–Trinajstić information content (AvgIpc) is 3.35. The first kappa shape index (κ1) is 19.7. The fraction of sp³-hybridized carbons (Fsp3) is 0.0385. The van der Waals surface area contributed by atoms with E-state index in [0.29, 0.717) is 5.82 Å². The van der Waals surface area contributed by atoms with E-state index < -0.39 is 6.04 Å². The van der Waals surface area contributed by atoms with Crippen LogP contribution in [0.1, 0.15) is 17.4 Å². The average molecular weight is 419 g/mol. The highest BCUT2D eigenvalue weighted by molar-refractivity contribution is 5.63. The molecule has 0 saturated heterocycles. The first-order valence-corrected chi connectivity index (χ1v) is 10.3. The standard InChI is InChI=1S/C26H21N5O/c27-25(21-13-11-20(12-14-21)19-7-3-1-4-8-19)26-28-29-30-31(26)22-15-17-24(18-16-22)32-23-9-5-2-6-10-23/h1-18,25H,27H2. The van der Waals surface area contributed by atoms with Crippen LogP contribution < -0.4 is 10.5 Å². The van der Waals surface area contributed by atoms with Crippen molar-refractivity contribution in [2.24, 2.45) is 5.73 Å². The highest BCUT2D eigenvalue weighted by Gasteiger charge is 2.18. The number of nitrogens with zero attached hydrogens (tertiary/aromatic N) is 4. The number of hydrogen-bond acceptors (Lipinski definition) is 5. The van der Waals surface area contributed by atoms with Crippen LogP contribution in [0.3, 0.4) is 0 Å². The van der Waals surface area contributed by atoms with Gasteiger partial charge in [-0.25, -0.2) is 0 Å². The van der Waals surface area contributed by atoms with Crippen LogP contribution in [0.4, 0.5) is 0 Å². The van der Waals surface area contributed by atoms with Gasteiger partial charge in [0, 0.05) is 0 Å². The fourth-order valence-electron chi connectivity index (χ4n) is 3.51. The molecule has 0 amide bonds. The summed E-state index contributed by atoms with van der Waals surface area (Å²) in [7, 11) is 0. The number of tetrazole rings is 1. The highest BCUT2D eigenvalue weighted by Crippen LogP contribution is 2.26. The van der Waals surface area contributed by atoms with E-state index in [-0.39, 0.29) is 0 Å². The van der Waals surface area contributed by atoms with Crippen molar-refractivity contribution in [2.45, 2.75) is 6.04 Å². The van der Waals surface area contributed by atoms with Crippen LogP contribution in [-0.2, 0) is 0 Å². The summed E-state index contributed by atoms with van der Waals surface area (Å²) < 4.78 is 7.51. The zero-order chi connectivity index (χ0) is 21.8. The van der Waals surface area contributed by atoms with Gasteiger partial charge < -0.3 is 10.5 Å². The van der Waals surface area contributed by atoms with Crippen LogP contribution in [0.15, 0.2) is 109 Å². The van der Waals surface area contributed by atoms with E-state index in [1.165, 1.54) is 0 Å². The number of ether oxygens (including phenoxy) is 1. The van der Waals surface area contributed by atoms with E-state index in [1.54, 1.807) is 4.68 Å². The third kappa shape index (κ3) is 4.12. The molecular formula is C26H21N5O.